The lowest BCUT2D eigenvalue weighted by molar-refractivity contribution is 0.363. The van der Waals surface area contributed by atoms with Gasteiger partial charge in [0.15, 0.2) is 0 Å². The zero-order valence-corrected chi connectivity index (χ0v) is 14.8. The van der Waals surface area contributed by atoms with Crippen molar-refractivity contribution in [3.05, 3.63) is 28.3 Å². The van der Waals surface area contributed by atoms with Crippen LogP contribution in [0.1, 0.15) is 48.9 Å². The van der Waals surface area contributed by atoms with E-state index < -0.39 is 15.6 Å². The minimum atomic E-state index is -3.59. The molecule has 0 radical (unpaired) electrons. The number of hydrogen-bond acceptors (Lipinski definition) is 3. The molecule has 0 fully saturated rings. The van der Waals surface area contributed by atoms with Gasteiger partial charge in [0.2, 0.25) is 10.0 Å². The SMILES string of the molecule is CCC(CC)(CN)NS(=O)(=O)c1c(C)c(C)cc(C)c1C. The molecule has 120 valence electrons. The Bertz CT molecular complexity index is 583. The first-order chi connectivity index (χ1) is 9.64. The van der Waals surface area contributed by atoms with Crippen LogP contribution in [0.3, 0.4) is 0 Å². The van der Waals surface area contributed by atoms with Crippen LogP contribution in [-0.2, 0) is 10.0 Å². The van der Waals surface area contributed by atoms with Crippen molar-refractivity contribution >= 4 is 10.0 Å². The van der Waals surface area contributed by atoms with Crippen molar-refractivity contribution in [2.24, 2.45) is 5.73 Å². The fraction of sp³-hybridized carbons (Fsp3) is 0.625. The number of hydrogen-bond donors (Lipinski definition) is 2. The van der Waals surface area contributed by atoms with Gasteiger partial charge in [-0.2, -0.15) is 0 Å². The fourth-order valence-electron chi connectivity index (χ4n) is 2.64. The molecule has 3 N–H and O–H groups in total. The third kappa shape index (κ3) is 3.47. The molecule has 0 spiro atoms. The van der Waals surface area contributed by atoms with Crippen molar-refractivity contribution in [3.63, 3.8) is 0 Å². The molecule has 0 heterocycles. The maximum absolute atomic E-state index is 12.9. The van der Waals surface area contributed by atoms with Crippen LogP contribution >= 0.6 is 0 Å². The van der Waals surface area contributed by atoms with Gasteiger partial charge in [-0.3, -0.25) is 0 Å². The summed E-state index contributed by atoms with van der Waals surface area (Å²) < 4.78 is 28.7. The van der Waals surface area contributed by atoms with Gasteiger partial charge in [0.1, 0.15) is 0 Å². The molecule has 1 aromatic rings. The van der Waals surface area contributed by atoms with Gasteiger partial charge in [-0.25, -0.2) is 13.1 Å². The van der Waals surface area contributed by atoms with Crippen LogP contribution in [-0.4, -0.2) is 20.5 Å². The smallest absolute Gasteiger partial charge is 0.241 e. The summed E-state index contributed by atoms with van der Waals surface area (Å²) >= 11 is 0. The van der Waals surface area contributed by atoms with Crippen molar-refractivity contribution in [1.82, 2.24) is 4.72 Å². The molecule has 0 saturated heterocycles. The monoisotopic (exact) mass is 312 g/mol. The summed E-state index contributed by atoms with van der Waals surface area (Å²) in [5.74, 6) is 0. The van der Waals surface area contributed by atoms with Crippen LogP contribution in [0.15, 0.2) is 11.0 Å². The van der Waals surface area contributed by atoms with E-state index in [0.29, 0.717) is 24.3 Å². The molecule has 1 aromatic carbocycles. The predicted molar refractivity (Wildman–Crippen MR) is 88.1 cm³/mol. The highest BCUT2D eigenvalue weighted by atomic mass is 32.2. The van der Waals surface area contributed by atoms with Gasteiger partial charge in [-0.1, -0.05) is 19.9 Å². The van der Waals surface area contributed by atoms with Gasteiger partial charge in [-0.15, -0.1) is 0 Å². The number of nitrogens with two attached hydrogens (primary N) is 1. The first-order valence-corrected chi connectivity index (χ1v) is 8.94. The molecule has 0 saturated carbocycles. The van der Waals surface area contributed by atoms with E-state index in [9.17, 15) is 8.42 Å². The number of nitrogens with one attached hydrogen (secondary N) is 1. The Kier molecular flexibility index (Phi) is 5.58. The zero-order chi connectivity index (χ0) is 16.4. The van der Waals surface area contributed by atoms with E-state index in [1.807, 2.05) is 47.6 Å². The highest BCUT2D eigenvalue weighted by molar-refractivity contribution is 7.89. The largest absolute Gasteiger partial charge is 0.329 e. The van der Waals surface area contributed by atoms with E-state index in [2.05, 4.69) is 4.72 Å². The first-order valence-electron chi connectivity index (χ1n) is 7.45. The predicted octanol–water partition coefficient (Wildman–Crippen LogP) is 2.72. The molecule has 0 atom stereocenters. The number of rotatable bonds is 6. The average molecular weight is 312 g/mol. The van der Waals surface area contributed by atoms with Crippen LogP contribution in [0.4, 0.5) is 0 Å². The highest BCUT2D eigenvalue weighted by Gasteiger charge is 2.32. The molecular weight excluding hydrogens is 284 g/mol. The van der Waals surface area contributed by atoms with E-state index in [-0.39, 0.29) is 0 Å². The molecule has 21 heavy (non-hydrogen) atoms. The van der Waals surface area contributed by atoms with Crippen molar-refractivity contribution in [2.45, 2.75) is 64.8 Å². The second-order valence-electron chi connectivity index (χ2n) is 5.89. The van der Waals surface area contributed by atoms with E-state index in [1.54, 1.807) is 0 Å². The molecule has 0 amide bonds. The molecule has 0 aliphatic heterocycles. The number of benzene rings is 1. The Balaban J connectivity index is 3.46. The normalized spacial score (nSPS) is 12.7. The Morgan fingerprint density at radius 3 is 1.81 bits per heavy atom. The Labute approximate surface area is 129 Å². The van der Waals surface area contributed by atoms with Gasteiger partial charge in [-0.05, 0) is 62.8 Å². The summed E-state index contributed by atoms with van der Waals surface area (Å²) in [7, 11) is -3.59. The van der Waals surface area contributed by atoms with Crippen LogP contribution in [0.5, 0.6) is 0 Å². The summed E-state index contributed by atoms with van der Waals surface area (Å²) in [6.07, 6.45) is 1.34. The summed E-state index contributed by atoms with van der Waals surface area (Å²) in [5.41, 5.74) is 8.85. The van der Waals surface area contributed by atoms with Crippen molar-refractivity contribution in [3.8, 4) is 0 Å². The molecule has 0 aromatic heterocycles. The van der Waals surface area contributed by atoms with Crippen LogP contribution in [0, 0.1) is 27.7 Å². The molecule has 4 nitrogen and oxygen atoms in total. The van der Waals surface area contributed by atoms with Gasteiger partial charge < -0.3 is 5.73 Å². The molecular formula is C16H28N2O2S. The summed E-state index contributed by atoms with van der Waals surface area (Å²) in [6.45, 7) is 11.8. The van der Waals surface area contributed by atoms with Gasteiger partial charge in [0.25, 0.3) is 0 Å². The van der Waals surface area contributed by atoms with Gasteiger partial charge in [0, 0.05) is 12.1 Å². The van der Waals surface area contributed by atoms with Crippen molar-refractivity contribution < 1.29 is 8.42 Å². The molecule has 5 heteroatoms. The minimum Gasteiger partial charge on any atom is -0.329 e. The lowest BCUT2D eigenvalue weighted by atomic mass is 9.95. The maximum Gasteiger partial charge on any atom is 0.241 e. The van der Waals surface area contributed by atoms with Crippen molar-refractivity contribution in [1.29, 1.82) is 0 Å². The number of aryl methyl sites for hydroxylation is 2. The summed E-state index contributed by atoms with van der Waals surface area (Å²) in [5, 5.41) is 0. The molecule has 0 bridgehead atoms. The van der Waals surface area contributed by atoms with Crippen LogP contribution in [0.25, 0.3) is 0 Å². The topological polar surface area (TPSA) is 72.2 Å². The molecule has 0 aliphatic rings. The van der Waals surface area contributed by atoms with Crippen LogP contribution < -0.4 is 10.5 Å². The summed E-state index contributed by atoms with van der Waals surface area (Å²) in [4.78, 5) is 0.403. The maximum atomic E-state index is 12.9. The Morgan fingerprint density at radius 2 is 1.48 bits per heavy atom. The van der Waals surface area contributed by atoms with Crippen molar-refractivity contribution in [2.75, 3.05) is 6.54 Å². The molecule has 1 rings (SSSR count). The second kappa shape index (κ2) is 6.46. The molecule has 0 aliphatic carbocycles. The third-order valence-electron chi connectivity index (χ3n) is 4.66. The highest BCUT2D eigenvalue weighted by Crippen LogP contribution is 2.28. The van der Waals surface area contributed by atoms with Gasteiger partial charge in [0.05, 0.1) is 4.90 Å². The Hall–Kier alpha value is -0.910. The zero-order valence-electron chi connectivity index (χ0n) is 14.0. The average Bonchev–Trinajstić information content (AvgIpc) is 2.43. The van der Waals surface area contributed by atoms with Crippen LogP contribution in [0.2, 0.25) is 0 Å². The van der Waals surface area contributed by atoms with Gasteiger partial charge >= 0.3 is 0 Å². The lowest BCUT2D eigenvalue weighted by Crippen LogP contribution is -2.52. The Morgan fingerprint density at radius 1 is 1.05 bits per heavy atom. The minimum absolute atomic E-state index is 0.294. The molecule has 0 unspecified atom stereocenters. The quantitative estimate of drug-likeness (QED) is 0.848. The van der Waals surface area contributed by atoms with E-state index in [4.69, 9.17) is 5.73 Å². The lowest BCUT2D eigenvalue weighted by Gasteiger charge is -2.32. The standard InChI is InChI=1S/C16H28N2O2S/c1-7-16(8-2,10-17)18-21(19,20)15-13(5)11(3)9-12(4)14(15)6/h9,18H,7-8,10,17H2,1-6H3. The fourth-order valence-corrected chi connectivity index (χ4v) is 4.82. The van der Waals surface area contributed by atoms with E-state index >= 15 is 0 Å². The summed E-state index contributed by atoms with van der Waals surface area (Å²) in [6, 6.07) is 2.03. The second-order valence-corrected chi connectivity index (χ2v) is 7.51. The number of sulfonamides is 1. The van der Waals surface area contributed by atoms with E-state index in [1.165, 1.54) is 0 Å². The first kappa shape index (κ1) is 18.1. The van der Waals surface area contributed by atoms with E-state index in [0.717, 1.165) is 22.3 Å². The third-order valence-corrected chi connectivity index (χ3v) is 6.51.